The van der Waals surface area contributed by atoms with Crippen molar-refractivity contribution < 1.29 is 26.9 Å². The molecule has 1 heterocycles. The third-order valence-electron chi connectivity index (χ3n) is 4.18. The van der Waals surface area contributed by atoms with Crippen molar-refractivity contribution in [1.29, 1.82) is 0 Å². The lowest BCUT2D eigenvalue weighted by Crippen LogP contribution is -2.50. The molecule has 148 valence electrons. The fraction of sp³-hybridized carbons (Fsp3) is 0.941. The molecule has 1 aliphatic rings. The van der Waals surface area contributed by atoms with Gasteiger partial charge in [0.25, 0.3) is 10.1 Å². The summed E-state index contributed by atoms with van der Waals surface area (Å²) in [6, 6.07) is -0.194. The molecular weight excluding hydrogens is 346 g/mol. The van der Waals surface area contributed by atoms with Crippen LogP contribution in [0.4, 0.5) is 4.79 Å². The van der Waals surface area contributed by atoms with Crippen LogP contribution in [0.2, 0.25) is 0 Å². The minimum absolute atomic E-state index is 0.0258. The molecular formula is C17H33NO6S. The van der Waals surface area contributed by atoms with Gasteiger partial charge in [-0.15, -0.1) is 0 Å². The molecule has 0 aromatic heterocycles. The van der Waals surface area contributed by atoms with Crippen LogP contribution in [-0.2, 0) is 23.8 Å². The van der Waals surface area contributed by atoms with Gasteiger partial charge < -0.3 is 9.47 Å². The summed E-state index contributed by atoms with van der Waals surface area (Å²) < 4.78 is 38.9. The van der Waals surface area contributed by atoms with Gasteiger partial charge >= 0.3 is 6.09 Å². The fourth-order valence-corrected chi connectivity index (χ4v) is 3.25. The Morgan fingerprint density at radius 1 is 1.32 bits per heavy atom. The maximum absolute atomic E-state index is 12.7. The molecule has 0 bridgehead atoms. The zero-order valence-corrected chi connectivity index (χ0v) is 17.5. The molecule has 25 heavy (non-hydrogen) atoms. The second kappa shape index (κ2) is 7.80. The Labute approximate surface area is 152 Å². The Bertz CT molecular complexity index is 564. The molecule has 0 aromatic rings. The van der Waals surface area contributed by atoms with E-state index in [1.807, 2.05) is 48.5 Å². The second-order valence-electron chi connectivity index (χ2n) is 8.49. The average Bonchev–Trinajstić information content (AvgIpc) is 2.65. The first-order valence-electron chi connectivity index (χ1n) is 8.63. The highest BCUT2D eigenvalue weighted by molar-refractivity contribution is 7.85. The number of ether oxygens (including phenoxy) is 2. The van der Waals surface area contributed by atoms with E-state index in [4.69, 9.17) is 13.7 Å². The second-order valence-corrected chi connectivity index (χ2v) is 10.1. The van der Waals surface area contributed by atoms with Crippen LogP contribution in [0.1, 0.15) is 54.9 Å². The fourth-order valence-electron chi connectivity index (χ4n) is 2.83. The van der Waals surface area contributed by atoms with Crippen LogP contribution in [0.25, 0.3) is 0 Å². The SMILES string of the molecule is CC(C)[C@@H](COS(C)(=O)=O)CC1COC(C)(C)N1C(=O)OC(C)(C)C. The molecule has 2 atom stereocenters. The van der Waals surface area contributed by atoms with Crippen molar-refractivity contribution >= 4 is 16.2 Å². The van der Waals surface area contributed by atoms with Crippen molar-refractivity contribution in [3.63, 3.8) is 0 Å². The minimum atomic E-state index is -3.50. The normalized spacial score (nSPS) is 22.3. The van der Waals surface area contributed by atoms with Crippen molar-refractivity contribution in [2.45, 2.75) is 72.3 Å². The molecule has 1 saturated heterocycles. The van der Waals surface area contributed by atoms with Gasteiger partial charge in [0.05, 0.1) is 25.5 Å². The Morgan fingerprint density at radius 2 is 1.88 bits per heavy atom. The molecule has 1 amide bonds. The highest BCUT2D eigenvalue weighted by atomic mass is 32.2. The molecule has 0 spiro atoms. The lowest BCUT2D eigenvalue weighted by molar-refractivity contribution is -0.0635. The van der Waals surface area contributed by atoms with E-state index in [-0.39, 0.29) is 24.5 Å². The molecule has 0 aliphatic carbocycles. The molecule has 1 fully saturated rings. The predicted octanol–water partition coefficient (Wildman–Crippen LogP) is 3.00. The molecule has 0 saturated carbocycles. The molecule has 8 heteroatoms. The van der Waals surface area contributed by atoms with Gasteiger partial charge in [-0.05, 0) is 52.9 Å². The molecule has 1 aliphatic heterocycles. The van der Waals surface area contributed by atoms with Crippen molar-refractivity contribution in [3.8, 4) is 0 Å². The van der Waals surface area contributed by atoms with Crippen LogP contribution >= 0.6 is 0 Å². The highest BCUT2D eigenvalue weighted by Gasteiger charge is 2.46. The number of hydrogen-bond donors (Lipinski definition) is 0. The van der Waals surface area contributed by atoms with E-state index in [0.29, 0.717) is 13.0 Å². The summed E-state index contributed by atoms with van der Waals surface area (Å²) in [6.45, 7) is 13.6. The molecule has 0 N–H and O–H groups in total. The Morgan fingerprint density at radius 3 is 2.32 bits per heavy atom. The van der Waals surface area contributed by atoms with Crippen LogP contribution in [0.15, 0.2) is 0 Å². The highest BCUT2D eigenvalue weighted by Crippen LogP contribution is 2.33. The van der Waals surface area contributed by atoms with E-state index < -0.39 is 27.5 Å². The van der Waals surface area contributed by atoms with E-state index >= 15 is 0 Å². The van der Waals surface area contributed by atoms with Crippen molar-refractivity contribution in [2.24, 2.45) is 11.8 Å². The van der Waals surface area contributed by atoms with E-state index in [9.17, 15) is 13.2 Å². The van der Waals surface area contributed by atoms with Gasteiger partial charge in [-0.3, -0.25) is 9.08 Å². The van der Waals surface area contributed by atoms with Gasteiger partial charge in [-0.1, -0.05) is 13.8 Å². The lowest BCUT2D eigenvalue weighted by atomic mass is 9.90. The maximum atomic E-state index is 12.7. The lowest BCUT2D eigenvalue weighted by Gasteiger charge is -2.36. The van der Waals surface area contributed by atoms with Gasteiger partial charge in [0.15, 0.2) is 0 Å². The zero-order chi connectivity index (χ0) is 19.6. The summed E-state index contributed by atoms with van der Waals surface area (Å²) in [6.07, 6.45) is 1.20. The van der Waals surface area contributed by atoms with E-state index in [0.717, 1.165) is 6.26 Å². The van der Waals surface area contributed by atoms with Crippen LogP contribution in [0.5, 0.6) is 0 Å². The predicted molar refractivity (Wildman–Crippen MR) is 95.6 cm³/mol. The van der Waals surface area contributed by atoms with Crippen LogP contribution in [0.3, 0.4) is 0 Å². The Balaban J connectivity index is 2.90. The van der Waals surface area contributed by atoms with Gasteiger partial charge in [0.2, 0.25) is 0 Å². The zero-order valence-electron chi connectivity index (χ0n) is 16.7. The molecule has 1 unspecified atom stereocenters. The topological polar surface area (TPSA) is 82.1 Å². The third-order valence-corrected chi connectivity index (χ3v) is 4.74. The quantitative estimate of drug-likeness (QED) is 0.660. The molecule has 1 rings (SSSR count). The van der Waals surface area contributed by atoms with E-state index in [2.05, 4.69) is 0 Å². The van der Waals surface area contributed by atoms with E-state index in [1.165, 1.54) is 0 Å². The molecule has 0 aromatic carbocycles. The largest absolute Gasteiger partial charge is 0.444 e. The summed E-state index contributed by atoms with van der Waals surface area (Å²) in [7, 11) is -3.50. The van der Waals surface area contributed by atoms with Gasteiger partial charge in [-0.2, -0.15) is 8.42 Å². The number of rotatable bonds is 6. The van der Waals surface area contributed by atoms with Crippen LogP contribution in [-0.4, -0.2) is 56.2 Å². The summed E-state index contributed by atoms with van der Waals surface area (Å²) >= 11 is 0. The minimum Gasteiger partial charge on any atom is -0.444 e. The van der Waals surface area contributed by atoms with E-state index in [1.54, 1.807) is 4.90 Å². The van der Waals surface area contributed by atoms with Gasteiger partial charge in [0.1, 0.15) is 11.3 Å². The Hall–Kier alpha value is -0.860. The average molecular weight is 380 g/mol. The van der Waals surface area contributed by atoms with Crippen LogP contribution in [0, 0.1) is 11.8 Å². The standard InChI is InChI=1S/C17H33NO6S/c1-12(2)13(10-23-25(8,20)21)9-14-11-22-17(6,7)18(14)15(19)24-16(3,4)5/h12-14H,9-11H2,1-8H3/t13-,14?/m1/s1. The first-order valence-corrected chi connectivity index (χ1v) is 10.4. The Kier molecular flexibility index (Phi) is 6.92. The first-order chi connectivity index (χ1) is 11.1. The number of amides is 1. The first kappa shape index (κ1) is 22.2. The van der Waals surface area contributed by atoms with Crippen molar-refractivity contribution in [2.75, 3.05) is 19.5 Å². The maximum Gasteiger partial charge on any atom is 0.412 e. The number of hydrogen-bond acceptors (Lipinski definition) is 6. The smallest absolute Gasteiger partial charge is 0.412 e. The molecule has 0 radical (unpaired) electrons. The van der Waals surface area contributed by atoms with Crippen LogP contribution < -0.4 is 0 Å². The third kappa shape index (κ3) is 7.11. The van der Waals surface area contributed by atoms with Crippen molar-refractivity contribution in [3.05, 3.63) is 0 Å². The summed E-state index contributed by atoms with van der Waals surface area (Å²) in [5.74, 6) is 0.174. The number of nitrogens with zero attached hydrogens (tertiary/aromatic N) is 1. The summed E-state index contributed by atoms with van der Waals surface area (Å²) in [5, 5.41) is 0. The monoisotopic (exact) mass is 379 g/mol. The van der Waals surface area contributed by atoms with Crippen molar-refractivity contribution in [1.82, 2.24) is 4.90 Å². The number of carbonyl (C=O) groups excluding carboxylic acids is 1. The van der Waals surface area contributed by atoms with Gasteiger partial charge in [0, 0.05) is 0 Å². The summed E-state index contributed by atoms with van der Waals surface area (Å²) in [4.78, 5) is 14.3. The summed E-state index contributed by atoms with van der Waals surface area (Å²) in [5.41, 5.74) is -1.37. The molecule has 7 nitrogen and oxygen atoms in total. The van der Waals surface area contributed by atoms with Gasteiger partial charge in [-0.25, -0.2) is 4.79 Å². The number of carbonyl (C=O) groups is 1.